The lowest BCUT2D eigenvalue weighted by Crippen LogP contribution is -2.15. The number of carbonyl (C=O) groups is 1. The molecule has 0 spiro atoms. The summed E-state index contributed by atoms with van der Waals surface area (Å²) in [4.78, 5) is 24.3. The Morgan fingerprint density at radius 1 is 1.08 bits per heavy atom. The maximum atomic E-state index is 12.5. The molecule has 0 N–H and O–H groups in total. The number of rotatable bonds is 4. The normalized spacial score (nSPS) is 11.8. The number of aromatic nitrogens is 1. The molecule has 0 radical (unpaired) electrons. The molecule has 0 fully saturated rings. The van der Waals surface area contributed by atoms with Crippen molar-refractivity contribution in [3.8, 4) is 0 Å². The molecule has 0 unspecified atom stereocenters. The Morgan fingerprint density at radius 2 is 1.76 bits per heavy atom. The van der Waals surface area contributed by atoms with Crippen molar-refractivity contribution >= 4 is 28.0 Å². The van der Waals surface area contributed by atoms with E-state index in [2.05, 4.69) is 0 Å². The molecule has 0 saturated carbocycles. The van der Waals surface area contributed by atoms with Crippen molar-refractivity contribution in [1.29, 1.82) is 0 Å². The van der Waals surface area contributed by atoms with Gasteiger partial charge < -0.3 is 4.42 Å². The zero-order chi connectivity index (χ0) is 18.0. The second-order valence-electron chi connectivity index (χ2n) is 5.23. The Kier molecular flexibility index (Phi) is 4.71. The average molecular weight is 367 g/mol. The monoisotopic (exact) mass is 367 g/mol. The summed E-state index contributed by atoms with van der Waals surface area (Å²) >= 11 is 0.844. The maximum Gasteiger partial charge on any atom is 0.419 e. The Balaban J connectivity index is 1.65. The standard InChI is InChI=1S/C17H12F3NO3S/c18-17(19,20)11-5-7-12(8-6-11)25-15(22)9-10-21-13-3-1-2-4-14(13)24-16(21)23/h1-8H,9-10H2. The SMILES string of the molecule is O=C(CCn1c(=O)oc2ccccc21)Sc1ccc(C(F)(F)F)cc1. The number of halogens is 3. The fourth-order valence-corrected chi connectivity index (χ4v) is 3.05. The molecule has 130 valence electrons. The summed E-state index contributed by atoms with van der Waals surface area (Å²) in [7, 11) is 0. The number of thioether (sulfide) groups is 1. The summed E-state index contributed by atoms with van der Waals surface area (Å²) < 4.78 is 44.0. The molecule has 3 aromatic rings. The van der Waals surface area contributed by atoms with E-state index in [1.54, 1.807) is 24.3 Å². The number of hydrogen-bond acceptors (Lipinski definition) is 4. The van der Waals surface area contributed by atoms with Crippen LogP contribution in [-0.4, -0.2) is 9.68 Å². The van der Waals surface area contributed by atoms with Gasteiger partial charge in [-0.15, -0.1) is 0 Å². The highest BCUT2D eigenvalue weighted by atomic mass is 32.2. The first-order chi connectivity index (χ1) is 11.8. The Labute approximate surface area is 144 Å². The predicted molar refractivity (Wildman–Crippen MR) is 87.4 cm³/mol. The smallest absolute Gasteiger partial charge is 0.408 e. The van der Waals surface area contributed by atoms with Crippen LogP contribution in [0.3, 0.4) is 0 Å². The summed E-state index contributed by atoms with van der Waals surface area (Å²) in [5.41, 5.74) is 0.274. The fraction of sp³-hybridized carbons (Fsp3) is 0.176. The minimum absolute atomic E-state index is 0.0507. The van der Waals surface area contributed by atoms with E-state index in [-0.39, 0.29) is 18.1 Å². The number of para-hydroxylation sites is 2. The quantitative estimate of drug-likeness (QED) is 0.645. The number of oxazole rings is 1. The number of nitrogens with zero attached hydrogens (tertiary/aromatic N) is 1. The average Bonchev–Trinajstić information content (AvgIpc) is 2.88. The minimum Gasteiger partial charge on any atom is -0.408 e. The van der Waals surface area contributed by atoms with Crippen LogP contribution < -0.4 is 5.76 Å². The van der Waals surface area contributed by atoms with Gasteiger partial charge in [-0.25, -0.2) is 4.79 Å². The molecule has 25 heavy (non-hydrogen) atoms. The number of alkyl halides is 3. The van der Waals surface area contributed by atoms with Crippen molar-refractivity contribution in [1.82, 2.24) is 4.57 Å². The van der Waals surface area contributed by atoms with Crippen LogP contribution in [0.1, 0.15) is 12.0 Å². The highest BCUT2D eigenvalue weighted by Gasteiger charge is 2.30. The van der Waals surface area contributed by atoms with Gasteiger partial charge in [0.2, 0.25) is 0 Å². The van der Waals surface area contributed by atoms with Gasteiger partial charge in [-0.05, 0) is 36.4 Å². The lowest BCUT2D eigenvalue weighted by molar-refractivity contribution is -0.137. The van der Waals surface area contributed by atoms with Crippen LogP contribution in [-0.2, 0) is 17.5 Å². The van der Waals surface area contributed by atoms with E-state index in [9.17, 15) is 22.8 Å². The third-order valence-electron chi connectivity index (χ3n) is 3.53. The van der Waals surface area contributed by atoms with Gasteiger partial charge in [-0.2, -0.15) is 13.2 Å². The fourth-order valence-electron chi connectivity index (χ4n) is 2.32. The molecule has 0 aliphatic heterocycles. The van der Waals surface area contributed by atoms with Crippen LogP contribution in [0, 0.1) is 0 Å². The molecule has 1 aromatic heterocycles. The number of aryl methyl sites for hydroxylation is 1. The van der Waals surface area contributed by atoms with E-state index in [1.807, 2.05) is 0 Å². The molecule has 2 aromatic carbocycles. The molecule has 0 amide bonds. The molecule has 8 heteroatoms. The summed E-state index contributed by atoms with van der Waals surface area (Å²) in [6.45, 7) is 0.141. The number of carbonyl (C=O) groups excluding carboxylic acids is 1. The molecule has 3 rings (SSSR count). The van der Waals surface area contributed by atoms with Crippen molar-refractivity contribution in [2.24, 2.45) is 0 Å². The largest absolute Gasteiger partial charge is 0.419 e. The highest BCUT2D eigenvalue weighted by Crippen LogP contribution is 2.31. The van der Waals surface area contributed by atoms with Gasteiger partial charge in [0.1, 0.15) is 0 Å². The van der Waals surface area contributed by atoms with Gasteiger partial charge in [-0.1, -0.05) is 23.9 Å². The molecule has 1 heterocycles. The van der Waals surface area contributed by atoms with Crippen molar-refractivity contribution in [2.45, 2.75) is 24.0 Å². The maximum absolute atomic E-state index is 12.5. The van der Waals surface area contributed by atoms with Gasteiger partial charge in [-0.3, -0.25) is 9.36 Å². The van der Waals surface area contributed by atoms with Crippen LogP contribution in [0.5, 0.6) is 0 Å². The Bertz CT molecular complexity index is 958. The Hall–Kier alpha value is -2.48. The van der Waals surface area contributed by atoms with Crippen molar-refractivity contribution in [2.75, 3.05) is 0 Å². The summed E-state index contributed by atoms with van der Waals surface area (Å²) in [5, 5.41) is -0.253. The first kappa shape index (κ1) is 17.3. The molecule has 4 nitrogen and oxygen atoms in total. The van der Waals surface area contributed by atoms with Crippen LogP contribution in [0.2, 0.25) is 0 Å². The van der Waals surface area contributed by atoms with E-state index in [4.69, 9.17) is 4.42 Å². The van der Waals surface area contributed by atoms with Gasteiger partial charge in [0.15, 0.2) is 10.7 Å². The lowest BCUT2D eigenvalue weighted by Gasteiger charge is -2.07. The van der Waals surface area contributed by atoms with Gasteiger partial charge in [0.25, 0.3) is 0 Å². The third kappa shape index (κ3) is 3.96. The van der Waals surface area contributed by atoms with E-state index >= 15 is 0 Å². The zero-order valence-corrected chi connectivity index (χ0v) is 13.6. The third-order valence-corrected chi connectivity index (χ3v) is 4.47. The molecule has 0 bridgehead atoms. The molecule has 0 aliphatic rings. The second-order valence-corrected chi connectivity index (χ2v) is 6.36. The predicted octanol–water partition coefficient (Wildman–Crippen LogP) is 4.32. The van der Waals surface area contributed by atoms with Gasteiger partial charge >= 0.3 is 11.9 Å². The number of hydrogen-bond donors (Lipinski definition) is 0. The second kappa shape index (κ2) is 6.79. The molecule has 0 saturated heterocycles. The van der Waals surface area contributed by atoms with E-state index in [1.165, 1.54) is 16.7 Å². The van der Waals surface area contributed by atoms with Crippen LogP contribution in [0.4, 0.5) is 13.2 Å². The number of fused-ring (bicyclic) bond motifs is 1. The minimum atomic E-state index is -4.41. The molecular weight excluding hydrogens is 355 g/mol. The van der Waals surface area contributed by atoms with E-state index < -0.39 is 17.5 Å². The number of benzene rings is 2. The van der Waals surface area contributed by atoms with E-state index in [0.29, 0.717) is 16.0 Å². The highest BCUT2D eigenvalue weighted by molar-refractivity contribution is 8.13. The molecular formula is C17H12F3NO3S. The lowest BCUT2D eigenvalue weighted by atomic mass is 10.2. The molecule has 0 aliphatic carbocycles. The van der Waals surface area contributed by atoms with Crippen LogP contribution in [0.25, 0.3) is 11.1 Å². The van der Waals surface area contributed by atoms with Crippen LogP contribution in [0.15, 0.2) is 62.6 Å². The summed E-state index contributed by atoms with van der Waals surface area (Å²) in [6, 6.07) is 11.2. The first-order valence-corrected chi connectivity index (χ1v) is 8.12. The van der Waals surface area contributed by atoms with Crippen LogP contribution >= 0.6 is 11.8 Å². The van der Waals surface area contributed by atoms with Crippen molar-refractivity contribution in [3.05, 3.63) is 64.6 Å². The van der Waals surface area contributed by atoms with Crippen molar-refractivity contribution < 1.29 is 22.4 Å². The van der Waals surface area contributed by atoms with Gasteiger partial charge in [0.05, 0.1) is 11.1 Å². The first-order valence-electron chi connectivity index (χ1n) is 7.31. The topological polar surface area (TPSA) is 52.2 Å². The summed E-state index contributed by atoms with van der Waals surface area (Å²) in [6.07, 6.45) is -4.36. The summed E-state index contributed by atoms with van der Waals surface area (Å²) in [5.74, 6) is -0.548. The Morgan fingerprint density at radius 3 is 2.44 bits per heavy atom. The molecule has 0 atom stereocenters. The van der Waals surface area contributed by atoms with Crippen molar-refractivity contribution in [3.63, 3.8) is 0 Å². The zero-order valence-electron chi connectivity index (χ0n) is 12.7. The van der Waals surface area contributed by atoms with Gasteiger partial charge in [0, 0.05) is 17.9 Å². The van der Waals surface area contributed by atoms with E-state index in [0.717, 1.165) is 23.9 Å².